The largest absolute Gasteiger partial charge is 0.480 e. The highest BCUT2D eigenvalue weighted by atomic mass is 16.6. The number of pyridine rings is 3. The summed E-state index contributed by atoms with van der Waals surface area (Å²) < 4.78 is 9.90. The second-order valence-electron chi connectivity index (χ2n) is 24.1. The predicted octanol–water partition coefficient (Wildman–Crippen LogP) is 12.5. The van der Waals surface area contributed by atoms with E-state index in [4.69, 9.17) is 36.0 Å². The first-order valence-corrected chi connectivity index (χ1v) is 30.1. The summed E-state index contributed by atoms with van der Waals surface area (Å²) in [5.74, 6) is 0.993. The van der Waals surface area contributed by atoms with Crippen molar-refractivity contribution in [2.75, 3.05) is 52.0 Å². The predicted molar refractivity (Wildman–Crippen MR) is 355 cm³/mol. The number of amides is 4. The fourth-order valence-electron chi connectivity index (χ4n) is 10.8. The number of alkyl carbamates (subject to hydrolysis) is 2. The van der Waals surface area contributed by atoms with Crippen LogP contribution >= 0.6 is 0 Å². The number of hydrogen-bond acceptors (Lipinski definition) is 15. The van der Waals surface area contributed by atoms with Gasteiger partial charge >= 0.3 is 18.2 Å². The number of ether oxygens (including phenoxy) is 2. The number of carboxylic acid groups (broad SMARTS) is 1. The van der Waals surface area contributed by atoms with Crippen LogP contribution in [0.25, 0.3) is 32.7 Å². The molecule has 3 aliphatic rings. The van der Waals surface area contributed by atoms with Crippen LogP contribution in [0, 0.1) is 0 Å². The zero-order valence-corrected chi connectivity index (χ0v) is 51.5. The van der Waals surface area contributed by atoms with E-state index in [9.17, 15) is 24.0 Å². The van der Waals surface area contributed by atoms with E-state index in [1.54, 1.807) is 47.6 Å². The fraction of sp³-hybridized carbons (Fsp3) is 0.286. The first kappa shape index (κ1) is 64.1. The normalized spacial score (nSPS) is 15.1. The number of nitrogens with zero attached hydrogens (tertiary/aromatic N) is 3. The second kappa shape index (κ2) is 29.1. The Bertz CT molecular complexity index is 4050. The molecule has 0 unspecified atom stereocenters. The van der Waals surface area contributed by atoms with Crippen molar-refractivity contribution in [2.45, 2.75) is 109 Å². The Kier molecular flexibility index (Phi) is 20.7. The number of nitrogen functional groups attached to an aromatic ring is 1. The lowest BCUT2D eigenvalue weighted by Gasteiger charge is -2.19. The van der Waals surface area contributed by atoms with Gasteiger partial charge in [0.2, 0.25) is 11.8 Å². The molecule has 20 heteroatoms. The topological polar surface area (TPSA) is 299 Å². The quantitative estimate of drug-likeness (QED) is 0.0480. The maximum atomic E-state index is 12.2. The lowest BCUT2D eigenvalue weighted by molar-refractivity contribution is -0.136. The van der Waals surface area contributed by atoms with Gasteiger partial charge in [0.05, 0.1) is 41.2 Å². The smallest absolute Gasteiger partial charge is 0.408 e. The molecule has 466 valence electrons. The summed E-state index contributed by atoms with van der Waals surface area (Å²) in [6, 6.07) is 55.7. The van der Waals surface area contributed by atoms with E-state index < -0.39 is 35.9 Å². The van der Waals surface area contributed by atoms with Crippen LogP contribution in [-0.2, 0) is 43.1 Å². The number of anilines is 6. The Morgan fingerprint density at radius 3 is 1.23 bits per heavy atom. The molecule has 9 aromatic rings. The van der Waals surface area contributed by atoms with E-state index in [0.29, 0.717) is 17.8 Å². The molecule has 0 saturated carbocycles. The molecule has 3 aliphatic carbocycles. The second-order valence-corrected chi connectivity index (χ2v) is 24.1. The van der Waals surface area contributed by atoms with Gasteiger partial charge in [0.1, 0.15) is 41.7 Å². The van der Waals surface area contributed by atoms with Gasteiger partial charge in [-0.15, -0.1) is 0 Å². The molecule has 6 aromatic carbocycles. The number of hydrogen-bond donors (Lipinski definition) is 10. The molecule has 3 atom stereocenters. The number of nitrogens with one attached hydrogen (secondary N) is 7. The van der Waals surface area contributed by atoms with Crippen molar-refractivity contribution < 1.29 is 38.6 Å². The summed E-state index contributed by atoms with van der Waals surface area (Å²) >= 11 is 0. The molecule has 0 saturated heterocycles. The number of carboxylic acids is 1. The van der Waals surface area contributed by atoms with Gasteiger partial charge < -0.3 is 63.3 Å². The number of carbonyl (C=O) groups excluding carboxylic acids is 4. The van der Waals surface area contributed by atoms with Crippen molar-refractivity contribution in [3.8, 4) is 0 Å². The number of rotatable bonds is 13. The Balaban J connectivity index is 0.000000149. The van der Waals surface area contributed by atoms with Crippen LogP contribution in [-0.4, -0.2) is 80.9 Å². The van der Waals surface area contributed by atoms with Crippen molar-refractivity contribution in [1.82, 2.24) is 25.6 Å². The molecular weight excluding hydrogens is 1140 g/mol. The van der Waals surface area contributed by atoms with E-state index >= 15 is 0 Å². The van der Waals surface area contributed by atoms with Crippen LogP contribution in [0.4, 0.5) is 44.1 Å². The van der Waals surface area contributed by atoms with Crippen LogP contribution in [0.15, 0.2) is 164 Å². The summed E-state index contributed by atoms with van der Waals surface area (Å²) in [6.45, 7) is 9.79. The molecule has 12 N–H and O–H groups in total. The van der Waals surface area contributed by atoms with Crippen molar-refractivity contribution in [3.63, 3.8) is 0 Å². The molecule has 20 nitrogen and oxygen atoms in total. The van der Waals surface area contributed by atoms with Gasteiger partial charge in [0.25, 0.3) is 0 Å². The number of aromatic nitrogens is 3. The van der Waals surface area contributed by atoms with E-state index in [-0.39, 0.29) is 30.9 Å². The van der Waals surface area contributed by atoms with E-state index in [1.165, 1.54) is 33.4 Å². The zero-order valence-electron chi connectivity index (χ0n) is 51.5. The maximum absolute atomic E-state index is 12.2. The number of carbonyl (C=O) groups is 5. The Morgan fingerprint density at radius 2 is 0.844 bits per heavy atom. The van der Waals surface area contributed by atoms with Crippen LogP contribution in [0.1, 0.15) is 112 Å². The van der Waals surface area contributed by atoms with Crippen LogP contribution in [0.2, 0.25) is 0 Å². The Labute approximate surface area is 523 Å². The van der Waals surface area contributed by atoms with Gasteiger partial charge in [-0.1, -0.05) is 72.8 Å². The highest BCUT2D eigenvalue weighted by Crippen LogP contribution is 2.37. The highest BCUT2D eigenvalue weighted by molar-refractivity contribution is 5.97. The van der Waals surface area contributed by atoms with Crippen LogP contribution in [0.5, 0.6) is 0 Å². The summed E-state index contributed by atoms with van der Waals surface area (Å²) in [5.41, 5.74) is 23.1. The molecule has 3 heterocycles. The summed E-state index contributed by atoms with van der Waals surface area (Å²) in [5, 5.41) is 31.9. The van der Waals surface area contributed by atoms with Gasteiger partial charge in [0.15, 0.2) is 0 Å². The Morgan fingerprint density at radius 1 is 0.478 bits per heavy atom. The lowest BCUT2D eigenvalue weighted by atomic mass is 10.1. The van der Waals surface area contributed by atoms with E-state index in [2.05, 4.69) is 121 Å². The molecular formula is C70H78N12O8. The lowest BCUT2D eigenvalue weighted by Crippen LogP contribution is -2.37. The summed E-state index contributed by atoms with van der Waals surface area (Å²) in [7, 11) is 0. The number of aliphatic carboxylic acids is 1. The third-order valence-electron chi connectivity index (χ3n) is 14.8. The summed E-state index contributed by atoms with van der Waals surface area (Å²) in [6.07, 6.45) is 5.24. The number of fused-ring (bicyclic) bond motifs is 6. The monoisotopic (exact) mass is 1210 g/mol. The number of benzene rings is 6. The van der Waals surface area contributed by atoms with Gasteiger partial charge in [0, 0.05) is 33.2 Å². The molecule has 12 rings (SSSR count). The molecule has 3 aromatic heterocycles. The fourth-order valence-corrected chi connectivity index (χ4v) is 10.8. The molecule has 0 bridgehead atoms. The average Bonchev–Trinajstić information content (AvgIpc) is 1.62. The van der Waals surface area contributed by atoms with Gasteiger partial charge in [-0.3, -0.25) is 14.4 Å². The van der Waals surface area contributed by atoms with Gasteiger partial charge in [-0.2, -0.15) is 0 Å². The maximum Gasteiger partial charge on any atom is 0.408 e. The van der Waals surface area contributed by atoms with Crippen molar-refractivity contribution >= 4 is 97.2 Å². The van der Waals surface area contributed by atoms with E-state index in [0.717, 1.165) is 100 Å². The van der Waals surface area contributed by atoms with Crippen LogP contribution in [0.3, 0.4) is 0 Å². The first-order chi connectivity index (χ1) is 43.1. The summed E-state index contributed by atoms with van der Waals surface area (Å²) in [4.78, 5) is 70.1. The van der Waals surface area contributed by atoms with E-state index in [1.807, 2.05) is 78.9 Å². The molecule has 0 radical (unpaired) electrons. The number of aryl methyl sites for hydroxylation is 3. The molecule has 0 spiro atoms. The molecule has 90 heavy (non-hydrogen) atoms. The van der Waals surface area contributed by atoms with Crippen molar-refractivity contribution in [3.05, 3.63) is 197 Å². The van der Waals surface area contributed by atoms with Crippen LogP contribution < -0.4 is 48.7 Å². The minimum atomic E-state index is -1.10. The highest BCUT2D eigenvalue weighted by Gasteiger charge is 2.25. The standard InChI is InChI=1S/C25H28N4O3.C20H20N4O.C18H17N3.C7H13NO4/c1-25(2,3)32-24(31)26-15-23(30)27-18-10-12-20-17(14-18)9-13-22(28-20)29-21-11-8-16-6-4-5-7-19(16)21;21-12-20(25)22-15-7-9-17-14(11-15)6-10-19(23-17)24-18-8-5-13-3-1-2-4-16(13)18;19-14-7-9-16-13(11-14)6-10-18(20-16)21-17-8-5-12-3-1-2-4-15(12)17;1-7(2,3)12-6(11)8-4-5(9)10/h4-7,9-10,12-14,21H,8,11,15H2,1-3H3,(H,26,31)(H,27,30)(H,28,29);1-4,6-7,9-11,18H,5,8,12,21H2,(H,22,25)(H,23,24);1-4,6-7,9-11,17H,5,8,19H2,(H,20,21);4H2,1-3H3,(H,8,11)(H,9,10)/t21-;18-;17-;/m111./s1. The average molecular weight is 1220 g/mol. The third kappa shape index (κ3) is 18.4. The van der Waals surface area contributed by atoms with Crippen molar-refractivity contribution in [2.24, 2.45) is 5.73 Å². The third-order valence-corrected chi connectivity index (χ3v) is 14.8. The van der Waals surface area contributed by atoms with Gasteiger partial charge in [-0.05, 0) is 204 Å². The van der Waals surface area contributed by atoms with Gasteiger partial charge in [-0.25, -0.2) is 24.5 Å². The molecule has 0 fully saturated rings. The molecule has 0 aliphatic heterocycles. The minimum Gasteiger partial charge on any atom is -0.480 e. The molecule has 4 amide bonds. The minimum absolute atomic E-state index is 0.0258. The SMILES string of the molecule is CC(C)(C)OC(=O)NCC(=O)Nc1ccc2nc(N[C@@H]3CCc4ccccc43)ccc2c1.CC(C)(C)OC(=O)NCC(=O)O.NCC(=O)Nc1ccc2nc(N[C@@H]3CCc4ccccc43)ccc2c1.Nc1ccc2nc(N[C@@H]3CCc4ccccc43)ccc2c1. The number of nitrogens with two attached hydrogens (primary N) is 2. The zero-order chi connectivity index (χ0) is 64.0. The van der Waals surface area contributed by atoms with Crippen molar-refractivity contribution in [1.29, 1.82) is 0 Å². The Hall–Kier alpha value is -10.3. The first-order valence-electron chi connectivity index (χ1n) is 30.1.